The summed E-state index contributed by atoms with van der Waals surface area (Å²) in [5, 5.41) is 5.98. The smallest absolute Gasteiger partial charge is 0.325 e. The molecule has 0 saturated carbocycles. The molecule has 0 bridgehead atoms. The van der Waals surface area contributed by atoms with Crippen molar-refractivity contribution in [2.24, 2.45) is 0 Å². The average Bonchev–Trinajstić information content (AvgIpc) is 3.61. The second-order valence-corrected chi connectivity index (χ2v) is 11.7. The minimum atomic E-state index is -4.11. The van der Waals surface area contributed by atoms with E-state index >= 15 is 0 Å². The van der Waals surface area contributed by atoms with E-state index in [0.29, 0.717) is 5.56 Å². The molecule has 5 rings (SSSR count). The van der Waals surface area contributed by atoms with E-state index in [1.165, 1.54) is 25.3 Å². The molecule has 5 aromatic rings. The average molecular weight is 601 g/mol. The molecule has 2 aromatic heterocycles. The number of ether oxygens (including phenoxy) is 1. The van der Waals surface area contributed by atoms with Crippen molar-refractivity contribution in [3.05, 3.63) is 102 Å². The second kappa shape index (κ2) is 11.9. The van der Waals surface area contributed by atoms with E-state index in [9.17, 15) is 27.6 Å². The third-order valence-electron chi connectivity index (χ3n) is 7.06. The lowest BCUT2D eigenvalue weighted by molar-refractivity contribution is -0.141. The van der Waals surface area contributed by atoms with Crippen molar-refractivity contribution in [3.8, 4) is 0 Å². The first-order valence-electron chi connectivity index (χ1n) is 13.3. The first-order valence-corrected chi connectivity index (χ1v) is 14.7. The number of H-pyrrole nitrogens is 1. The highest BCUT2D eigenvalue weighted by Crippen LogP contribution is 2.27. The second-order valence-electron chi connectivity index (χ2n) is 9.89. The van der Waals surface area contributed by atoms with Crippen LogP contribution in [-0.2, 0) is 35.6 Å². The van der Waals surface area contributed by atoms with E-state index in [0.717, 1.165) is 26.6 Å². The summed E-state index contributed by atoms with van der Waals surface area (Å²) in [5.74, 6) is -3.54. The van der Waals surface area contributed by atoms with Crippen LogP contribution >= 0.6 is 0 Å². The molecule has 0 aliphatic rings. The van der Waals surface area contributed by atoms with Gasteiger partial charge in [-0.3, -0.25) is 19.2 Å². The number of rotatable bonds is 10. The monoisotopic (exact) mass is 600 g/mol. The van der Waals surface area contributed by atoms with Crippen molar-refractivity contribution >= 4 is 55.4 Å². The molecule has 3 N–H and O–H groups in total. The molecule has 0 saturated heterocycles. The summed E-state index contributed by atoms with van der Waals surface area (Å²) in [4.78, 5) is 54.8. The summed E-state index contributed by atoms with van der Waals surface area (Å²) in [6, 6.07) is 18.7. The van der Waals surface area contributed by atoms with Gasteiger partial charge in [0.25, 0.3) is 21.7 Å². The van der Waals surface area contributed by atoms with Gasteiger partial charge in [-0.2, -0.15) is 0 Å². The Bertz CT molecular complexity index is 1970. The Morgan fingerprint density at radius 2 is 1.60 bits per heavy atom. The largest absolute Gasteiger partial charge is 0.468 e. The maximum atomic E-state index is 13.5. The van der Waals surface area contributed by atoms with E-state index in [1.807, 2.05) is 31.2 Å². The molecule has 220 valence electrons. The van der Waals surface area contributed by atoms with Gasteiger partial charge < -0.3 is 20.4 Å². The van der Waals surface area contributed by atoms with Crippen LogP contribution in [0.15, 0.2) is 90.1 Å². The summed E-state index contributed by atoms with van der Waals surface area (Å²) < 4.78 is 32.6. The number of benzene rings is 3. The summed E-state index contributed by atoms with van der Waals surface area (Å²) in [5.41, 5.74) is 2.45. The zero-order valence-corrected chi connectivity index (χ0v) is 24.1. The van der Waals surface area contributed by atoms with Gasteiger partial charge in [0.15, 0.2) is 0 Å². The number of para-hydroxylation sites is 2. The number of aromatic nitrogens is 2. The standard InChI is InChI=1S/C31H28N4O7S/c1-19-11-13-21(14-12-19)43(40,41)35-18-24(23-8-4-6-10-27(23)35)29(37)31(39)34-26(30(38)33-17-28(36)42-2)15-20-16-32-25-9-5-3-7-22(20)25/h3-14,16,18,26,32H,15,17H2,1-2H3,(H,33,38)(H,34,39)/t26-/m0/s1. The maximum Gasteiger partial charge on any atom is 0.325 e. The molecule has 2 amide bonds. The van der Waals surface area contributed by atoms with Gasteiger partial charge in [-0.25, -0.2) is 12.4 Å². The van der Waals surface area contributed by atoms with Crippen LogP contribution in [0, 0.1) is 6.92 Å². The summed E-state index contributed by atoms with van der Waals surface area (Å²) >= 11 is 0. The number of methoxy groups -OCH3 is 1. The fourth-order valence-corrected chi connectivity index (χ4v) is 6.15. The van der Waals surface area contributed by atoms with Crippen LogP contribution in [0.4, 0.5) is 0 Å². The molecule has 43 heavy (non-hydrogen) atoms. The number of nitrogens with zero attached hydrogens (tertiary/aromatic N) is 1. The third kappa shape index (κ3) is 5.90. The van der Waals surface area contributed by atoms with E-state index < -0.39 is 46.2 Å². The van der Waals surface area contributed by atoms with E-state index in [-0.39, 0.29) is 27.8 Å². The maximum absolute atomic E-state index is 13.5. The van der Waals surface area contributed by atoms with Crippen LogP contribution in [0.25, 0.3) is 21.8 Å². The number of carbonyl (C=O) groups is 4. The van der Waals surface area contributed by atoms with E-state index in [2.05, 4.69) is 20.4 Å². The Labute approximate surface area is 246 Å². The van der Waals surface area contributed by atoms with Gasteiger partial charge >= 0.3 is 5.97 Å². The molecule has 0 aliphatic carbocycles. The minimum absolute atomic E-state index is 0.000395. The summed E-state index contributed by atoms with van der Waals surface area (Å²) in [6.07, 6.45) is 2.82. The zero-order chi connectivity index (χ0) is 30.7. The number of ketones is 1. The molecule has 1 atom stereocenters. The Morgan fingerprint density at radius 1 is 0.930 bits per heavy atom. The predicted octanol–water partition coefficient (Wildman–Crippen LogP) is 2.87. The highest BCUT2D eigenvalue weighted by molar-refractivity contribution is 7.90. The lowest BCUT2D eigenvalue weighted by atomic mass is 10.0. The number of aromatic amines is 1. The topological polar surface area (TPSA) is 156 Å². The minimum Gasteiger partial charge on any atom is -0.468 e. The molecule has 0 spiro atoms. The van der Waals surface area contributed by atoms with Crippen molar-refractivity contribution in [2.75, 3.05) is 13.7 Å². The zero-order valence-electron chi connectivity index (χ0n) is 23.3. The predicted molar refractivity (Wildman–Crippen MR) is 159 cm³/mol. The Kier molecular flexibility index (Phi) is 8.13. The lowest BCUT2D eigenvalue weighted by Gasteiger charge is -2.17. The van der Waals surface area contributed by atoms with Crippen LogP contribution in [0.1, 0.15) is 21.5 Å². The lowest BCUT2D eigenvalue weighted by Crippen LogP contribution is -2.50. The molecule has 0 fully saturated rings. The van der Waals surface area contributed by atoms with Crippen molar-refractivity contribution in [1.29, 1.82) is 0 Å². The highest BCUT2D eigenvalue weighted by atomic mass is 32.2. The van der Waals surface area contributed by atoms with E-state index in [1.54, 1.807) is 36.5 Å². The summed E-state index contributed by atoms with van der Waals surface area (Å²) in [7, 11) is -2.93. The van der Waals surface area contributed by atoms with Crippen molar-refractivity contribution < 1.29 is 32.3 Å². The molecule has 0 radical (unpaired) electrons. The molecule has 11 nitrogen and oxygen atoms in total. The number of nitrogens with one attached hydrogen (secondary N) is 3. The summed E-state index contributed by atoms with van der Waals surface area (Å²) in [6.45, 7) is 1.40. The molecule has 12 heteroatoms. The fraction of sp³-hybridized carbons (Fsp3) is 0.161. The highest BCUT2D eigenvalue weighted by Gasteiger charge is 2.30. The first kappa shape index (κ1) is 29.3. The number of aryl methyl sites for hydroxylation is 1. The van der Waals surface area contributed by atoms with Crippen molar-refractivity contribution in [2.45, 2.75) is 24.3 Å². The number of carbonyl (C=O) groups excluding carboxylic acids is 4. The Hall–Kier alpha value is -5.23. The van der Waals surface area contributed by atoms with Gasteiger partial charge in [-0.1, -0.05) is 54.1 Å². The SMILES string of the molecule is COC(=O)CNC(=O)[C@H](Cc1c[nH]c2ccccc12)NC(=O)C(=O)c1cn(S(=O)(=O)c2ccc(C)cc2)c2ccccc12. The molecule has 2 heterocycles. The Morgan fingerprint density at radius 3 is 2.33 bits per heavy atom. The molecule has 0 aliphatic heterocycles. The molecular weight excluding hydrogens is 572 g/mol. The van der Waals surface area contributed by atoms with Gasteiger partial charge in [0.1, 0.15) is 12.6 Å². The first-order chi connectivity index (χ1) is 20.6. The van der Waals surface area contributed by atoms with E-state index in [4.69, 9.17) is 0 Å². The number of hydrogen-bond donors (Lipinski definition) is 3. The van der Waals surface area contributed by atoms with Gasteiger partial charge in [-0.15, -0.1) is 0 Å². The number of amides is 2. The number of esters is 1. The third-order valence-corrected chi connectivity index (χ3v) is 8.75. The van der Waals surface area contributed by atoms with Crippen LogP contribution in [0.2, 0.25) is 0 Å². The fourth-order valence-electron chi connectivity index (χ4n) is 4.78. The van der Waals surface area contributed by atoms with Crippen LogP contribution in [0.5, 0.6) is 0 Å². The van der Waals surface area contributed by atoms with Crippen LogP contribution in [0.3, 0.4) is 0 Å². The normalized spacial score (nSPS) is 12.1. The van der Waals surface area contributed by atoms with Gasteiger partial charge in [-0.05, 0) is 36.8 Å². The Balaban J connectivity index is 1.46. The molecular formula is C31H28N4O7S. The van der Waals surface area contributed by atoms with Crippen LogP contribution in [-0.4, -0.2) is 60.6 Å². The van der Waals surface area contributed by atoms with Gasteiger partial charge in [0.05, 0.1) is 23.1 Å². The van der Waals surface area contributed by atoms with Gasteiger partial charge in [0, 0.05) is 35.1 Å². The van der Waals surface area contributed by atoms with Gasteiger partial charge in [0.2, 0.25) is 5.91 Å². The molecule has 3 aromatic carbocycles. The van der Waals surface area contributed by atoms with Crippen molar-refractivity contribution in [1.82, 2.24) is 19.6 Å². The number of fused-ring (bicyclic) bond motifs is 2. The van der Waals surface area contributed by atoms with Crippen LogP contribution < -0.4 is 10.6 Å². The van der Waals surface area contributed by atoms with Crippen molar-refractivity contribution in [3.63, 3.8) is 0 Å². The number of hydrogen-bond acceptors (Lipinski definition) is 7. The quantitative estimate of drug-likeness (QED) is 0.126. The molecule has 0 unspecified atom stereocenters. The number of Topliss-reactive ketones (excluding diaryl/α,β-unsaturated/α-hetero) is 1.